The summed E-state index contributed by atoms with van der Waals surface area (Å²) in [5.74, 6) is 0.990. The summed E-state index contributed by atoms with van der Waals surface area (Å²) in [5, 5.41) is 1.70. The van der Waals surface area contributed by atoms with Gasteiger partial charge in [-0.05, 0) is 38.0 Å². The number of hydrogen-bond donors (Lipinski definition) is 0. The second-order valence-electron chi connectivity index (χ2n) is 7.99. The van der Waals surface area contributed by atoms with Crippen molar-refractivity contribution in [3.63, 3.8) is 0 Å². The second kappa shape index (κ2) is 7.90. The molecular formula is C23H28N4OS. The van der Waals surface area contributed by atoms with Gasteiger partial charge >= 0.3 is 0 Å². The summed E-state index contributed by atoms with van der Waals surface area (Å²) in [6.07, 6.45) is 4.41. The Morgan fingerprint density at radius 1 is 1.17 bits per heavy atom. The predicted octanol–water partition coefficient (Wildman–Crippen LogP) is 4.67. The van der Waals surface area contributed by atoms with Crippen LogP contribution in [0.5, 0.6) is 5.75 Å². The van der Waals surface area contributed by atoms with Crippen molar-refractivity contribution >= 4 is 22.6 Å². The first-order valence-corrected chi connectivity index (χ1v) is 11.6. The van der Waals surface area contributed by atoms with Crippen LogP contribution < -0.4 is 9.64 Å². The predicted molar refractivity (Wildman–Crippen MR) is 120 cm³/mol. The number of ether oxygens (including phenoxy) is 1. The molecule has 1 aromatic heterocycles. The molecule has 6 heteroatoms. The maximum atomic E-state index is 6.18. The number of benzene rings is 1. The van der Waals surface area contributed by atoms with E-state index in [1.165, 1.54) is 24.1 Å². The smallest absolute Gasteiger partial charge is 0.160 e. The van der Waals surface area contributed by atoms with Gasteiger partial charge in [0.2, 0.25) is 0 Å². The zero-order valence-corrected chi connectivity index (χ0v) is 17.9. The van der Waals surface area contributed by atoms with Crippen LogP contribution in [0.25, 0.3) is 0 Å². The number of amidine groups is 1. The van der Waals surface area contributed by atoms with Crippen molar-refractivity contribution < 1.29 is 4.74 Å². The highest BCUT2D eigenvalue weighted by atomic mass is 32.2. The maximum Gasteiger partial charge on any atom is 0.160 e. The summed E-state index contributed by atoms with van der Waals surface area (Å²) < 4.78 is 6.18. The average molecular weight is 409 g/mol. The van der Waals surface area contributed by atoms with Crippen molar-refractivity contribution in [3.8, 4) is 5.75 Å². The van der Waals surface area contributed by atoms with Crippen LogP contribution in [0.2, 0.25) is 0 Å². The quantitative estimate of drug-likeness (QED) is 0.719. The molecule has 0 N–H and O–H groups in total. The van der Waals surface area contributed by atoms with Crippen molar-refractivity contribution in [3.05, 3.63) is 53.9 Å². The van der Waals surface area contributed by atoms with E-state index in [-0.39, 0.29) is 12.1 Å². The van der Waals surface area contributed by atoms with Gasteiger partial charge in [0.15, 0.2) is 5.17 Å². The molecule has 5 nitrogen and oxygen atoms in total. The molecule has 29 heavy (non-hydrogen) atoms. The van der Waals surface area contributed by atoms with Crippen molar-refractivity contribution in [2.24, 2.45) is 4.99 Å². The van der Waals surface area contributed by atoms with Gasteiger partial charge in [-0.2, -0.15) is 0 Å². The van der Waals surface area contributed by atoms with Crippen molar-refractivity contribution in [1.82, 2.24) is 9.88 Å². The van der Waals surface area contributed by atoms with E-state index in [1.807, 2.05) is 24.0 Å². The monoisotopic (exact) mass is 408 g/mol. The van der Waals surface area contributed by atoms with E-state index in [4.69, 9.17) is 9.73 Å². The van der Waals surface area contributed by atoms with Crippen LogP contribution in [0, 0.1) is 0 Å². The molecule has 1 aromatic carbocycles. The van der Waals surface area contributed by atoms with Crippen molar-refractivity contribution in [1.29, 1.82) is 0 Å². The number of pyridine rings is 1. The maximum absolute atomic E-state index is 6.18. The van der Waals surface area contributed by atoms with Gasteiger partial charge in [0.25, 0.3) is 0 Å². The minimum atomic E-state index is 0.00282. The minimum Gasteiger partial charge on any atom is -0.493 e. The van der Waals surface area contributed by atoms with E-state index < -0.39 is 0 Å². The van der Waals surface area contributed by atoms with Crippen molar-refractivity contribution in [2.45, 2.75) is 44.0 Å². The molecule has 0 bridgehead atoms. The Labute approximate surface area is 177 Å². The first-order chi connectivity index (χ1) is 14.2. The van der Waals surface area contributed by atoms with E-state index in [1.54, 1.807) is 0 Å². The van der Waals surface area contributed by atoms with E-state index in [2.05, 4.69) is 59.0 Å². The van der Waals surface area contributed by atoms with E-state index in [9.17, 15) is 0 Å². The fourth-order valence-electron chi connectivity index (χ4n) is 4.67. The van der Waals surface area contributed by atoms with Gasteiger partial charge in [0.05, 0.1) is 18.3 Å². The standard InChI is InChI=1S/C23H28N4OS/c1-3-28-20-14-17(26-12-6-7-13-26)9-10-18(20)22-21(19-8-4-5-11-24-19)25-23-27(22)15-16(2)29-23/h4-5,8-11,14,16,21-22H,3,6-7,12-13,15H2,1-2H3/t16-,21-,22+/m0/s1. The van der Waals surface area contributed by atoms with Crippen LogP contribution in [-0.4, -0.2) is 46.5 Å². The Kier molecular flexibility index (Phi) is 5.12. The van der Waals surface area contributed by atoms with Gasteiger partial charge in [0, 0.05) is 48.4 Å². The van der Waals surface area contributed by atoms with E-state index >= 15 is 0 Å². The number of nitrogens with zero attached hydrogens (tertiary/aromatic N) is 4. The zero-order chi connectivity index (χ0) is 19.8. The lowest BCUT2D eigenvalue weighted by Crippen LogP contribution is -2.29. The molecule has 152 valence electrons. The van der Waals surface area contributed by atoms with Crippen LogP contribution >= 0.6 is 11.8 Å². The van der Waals surface area contributed by atoms with Crippen molar-refractivity contribution in [2.75, 3.05) is 31.1 Å². The lowest BCUT2D eigenvalue weighted by molar-refractivity contribution is 0.292. The van der Waals surface area contributed by atoms with Gasteiger partial charge < -0.3 is 14.5 Å². The molecule has 3 aliphatic heterocycles. The second-order valence-corrected chi connectivity index (χ2v) is 9.39. The number of thioether (sulfide) groups is 1. The molecule has 2 aromatic rings. The lowest BCUT2D eigenvalue weighted by atomic mass is 9.95. The first-order valence-electron chi connectivity index (χ1n) is 10.7. The van der Waals surface area contributed by atoms with Gasteiger partial charge in [-0.25, -0.2) is 0 Å². The van der Waals surface area contributed by atoms with Gasteiger partial charge in [0.1, 0.15) is 11.8 Å². The molecule has 0 spiro atoms. The van der Waals surface area contributed by atoms with E-state index in [0.29, 0.717) is 11.9 Å². The third kappa shape index (κ3) is 3.48. The van der Waals surface area contributed by atoms with Crippen LogP contribution in [0.1, 0.15) is 50.0 Å². The highest BCUT2D eigenvalue weighted by molar-refractivity contribution is 8.14. The number of aromatic nitrogens is 1. The molecule has 2 fully saturated rings. The highest BCUT2D eigenvalue weighted by Gasteiger charge is 2.44. The Hall–Kier alpha value is -2.21. The van der Waals surface area contributed by atoms with Gasteiger partial charge in [-0.3, -0.25) is 9.98 Å². The third-order valence-electron chi connectivity index (χ3n) is 5.97. The Bertz CT molecular complexity index is 897. The topological polar surface area (TPSA) is 41.0 Å². The fourth-order valence-corrected chi connectivity index (χ4v) is 5.77. The van der Waals surface area contributed by atoms with Gasteiger partial charge in [-0.15, -0.1) is 0 Å². The number of hydrogen-bond acceptors (Lipinski definition) is 6. The lowest BCUT2D eigenvalue weighted by Gasteiger charge is -2.29. The molecule has 0 amide bonds. The Balaban J connectivity index is 1.56. The van der Waals surface area contributed by atoms with Crippen LogP contribution in [0.4, 0.5) is 5.69 Å². The van der Waals surface area contributed by atoms with Crippen LogP contribution in [-0.2, 0) is 0 Å². The summed E-state index contributed by atoms with van der Waals surface area (Å²) in [4.78, 5) is 14.7. The molecule has 5 rings (SSSR count). The zero-order valence-electron chi connectivity index (χ0n) is 17.1. The average Bonchev–Trinajstić information content (AvgIpc) is 3.45. The Morgan fingerprint density at radius 3 is 2.79 bits per heavy atom. The summed E-state index contributed by atoms with van der Waals surface area (Å²) in [7, 11) is 0. The number of aliphatic imine (C=N–C) groups is 1. The summed E-state index contributed by atoms with van der Waals surface area (Å²) in [6, 6.07) is 13.0. The largest absolute Gasteiger partial charge is 0.493 e. The molecular weight excluding hydrogens is 380 g/mol. The third-order valence-corrected chi connectivity index (χ3v) is 7.07. The summed E-state index contributed by atoms with van der Waals surface area (Å²) >= 11 is 1.87. The number of rotatable bonds is 5. The molecule has 0 unspecified atom stereocenters. The molecule has 0 aliphatic carbocycles. The highest BCUT2D eigenvalue weighted by Crippen LogP contribution is 2.50. The molecule has 0 saturated carbocycles. The number of fused-ring (bicyclic) bond motifs is 1. The van der Waals surface area contributed by atoms with E-state index in [0.717, 1.165) is 36.2 Å². The van der Waals surface area contributed by atoms with Gasteiger partial charge in [-0.1, -0.05) is 30.8 Å². The fraction of sp³-hybridized carbons (Fsp3) is 0.478. The first kappa shape index (κ1) is 18.8. The molecule has 0 radical (unpaired) electrons. The Morgan fingerprint density at radius 2 is 2.03 bits per heavy atom. The molecule has 4 heterocycles. The normalized spacial score (nSPS) is 26.0. The van der Waals surface area contributed by atoms with Crippen LogP contribution in [0.3, 0.4) is 0 Å². The SMILES string of the molecule is CCOc1cc(N2CCCC2)ccc1[C@@H]1[C@H](c2ccccn2)N=C2S[C@@H](C)CN21. The molecule has 2 saturated heterocycles. The van der Waals surface area contributed by atoms with Crippen LogP contribution in [0.15, 0.2) is 47.6 Å². The molecule has 3 atom stereocenters. The summed E-state index contributed by atoms with van der Waals surface area (Å²) in [5.41, 5.74) is 3.52. The molecule has 3 aliphatic rings. The minimum absolute atomic E-state index is 0.00282. The summed E-state index contributed by atoms with van der Waals surface area (Å²) in [6.45, 7) is 8.29. The number of anilines is 1.